The van der Waals surface area contributed by atoms with E-state index in [-0.39, 0.29) is 30.1 Å². The van der Waals surface area contributed by atoms with Gasteiger partial charge in [-0.2, -0.15) is 23.3 Å². The summed E-state index contributed by atoms with van der Waals surface area (Å²) in [6.45, 7) is 0. The minimum atomic E-state index is -4.45. The SMILES string of the molecule is Nc1nc(NC2(C(F)(F)F)CC2)c2nc(-c3ccc(NC4CC4)nc3)cc(Cc3cccc(-n4cncn4)c3)c2n1. The molecule has 2 aliphatic rings. The van der Waals surface area contributed by atoms with E-state index < -0.39 is 11.7 Å². The van der Waals surface area contributed by atoms with Crippen molar-refractivity contribution in [2.24, 2.45) is 0 Å². The number of anilines is 3. The summed E-state index contributed by atoms with van der Waals surface area (Å²) in [5.74, 6) is 0.589. The summed E-state index contributed by atoms with van der Waals surface area (Å²) in [6.07, 6.45) is 2.86. The van der Waals surface area contributed by atoms with Gasteiger partial charge < -0.3 is 16.4 Å². The molecule has 0 saturated heterocycles. The second-order valence-corrected chi connectivity index (χ2v) is 10.5. The Balaban J connectivity index is 1.34. The Morgan fingerprint density at radius 2 is 1.88 bits per heavy atom. The molecule has 0 atom stereocenters. The molecule has 0 bridgehead atoms. The Hall–Kier alpha value is -4.81. The van der Waals surface area contributed by atoms with Gasteiger partial charge in [0.2, 0.25) is 5.95 Å². The Bertz CT molecular complexity index is 1730. The number of nitrogen functional groups attached to an aromatic ring is 1. The standard InChI is InChI=1S/C28H25F3N10/c29-28(30,31)27(8-9-27)40-25-24-23(38-26(32)39-25)18(10-16-2-1-3-20(11-16)41-15-33-14-35-41)12-21(37-24)17-4-7-22(34-13-17)36-19-5-6-19/h1-4,7,11-15,19H,5-6,8-10H2,(H,34,36)(H3,32,38,39,40). The third-order valence-corrected chi connectivity index (χ3v) is 7.38. The number of benzene rings is 1. The van der Waals surface area contributed by atoms with Crippen LogP contribution in [-0.4, -0.2) is 52.5 Å². The molecule has 4 N–H and O–H groups in total. The number of pyridine rings is 2. The van der Waals surface area contributed by atoms with Crippen LogP contribution in [0.2, 0.25) is 0 Å². The van der Waals surface area contributed by atoms with Gasteiger partial charge in [-0.3, -0.25) is 0 Å². The van der Waals surface area contributed by atoms with Gasteiger partial charge in [0, 0.05) is 17.8 Å². The van der Waals surface area contributed by atoms with Crippen molar-refractivity contribution in [3.8, 4) is 16.9 Å². The summed E-state index contributed by atoms with van der Waals surface area (Å²) in [5.41, 5.74) is 8.31. The molecule has 2 fully saturated rings. The molecule has 7 rings (SSSR count). The van der Waals surface area contributed by atoms with Gasteiger partial charge in [0.25, 0.3) is 0 Å². The summed E-state index contributed by atoms with van der Waals surface area (Å²) < 4.78 is 43.3. The maximum absolute atomic E-state index is 13.9. The Morgan fingerprint density at radius 1 is 1.02 bits per heavy atom. The predicted octanol–water partition coefficient (Wildman–Crippen LogP) is 4.92. The molecule has 0 amide bonds. The number of nitrogens with two attached hydrogens (primary N) is 1. The first-order valence-electron chi connectivity index (χ1n) is 13.3. The largest absolute Gasteiger partial charge is 0.411 e. The van der Waals surface area contributed by atoms with Crippen LogP contribution in [0.3, 0.4) is 0 Å². The van der Waals surface area contributed by atoms with Crippen molar-refractivity contribution in [1.29, 1.82) is 0 Å². The molecule has 10 nitrogen and oxygen atoms in total. The number of nitrogens with zero attached hydrogens (tertiary/aromatic N) is 7. The lowest BCUT2D eigenvalue weighted by molar-refractivity contribution is -0.151. The minimum absolute atomic E-state index is 0.0400. The van der Waals surface area contributed by atoms with Crippen molar-refractivity contribution in [2.45, 2.75) is 49.9 Å². The van der Waals surface area contributed by atoms with Crippen LogP contribution in [0, 0.1) is 0 Å². The highest BCUT2D eigenvalue weighted by molar-refractivity contribution is 5.91. The van der Waals surface area contributed by atoms with Crippen LogP contribution >= 0.6 is 0 Å². The molecule has 0 aliphatic heterocycles. The maximum atomic E-state index is 13.9. The summed E-state index contributed by atoms with van der Waals surface area (Å²) in [7, 11) is 0. The number of aromatic nitrogens is 7. The van der Waals surface area contributed by atoms with Gasteiger partial charge in [-0.25, -0.2) is 24.6 Å². The van der Waals surface area contributed by atoms with E-state index in [0.717, 1.165) is 35.5 Å². The summed E-state index contributed by atoms with van der Waals surface area (Å²) in [6, 6.07) is 13.8. The summed E-state index contributed by atoms with van der Waals surface area (Å²) in [4.78, 5) is 21.9. The molecular formula is C28H25F3N10. The number of hydrogen-bond donors (Lipinski definition) is 3. The highest BCUT2D eigenvalue weighted by Crippen LogP contribution is 2.51. The normalized spacial score (nSPS) is 16.1. The lowest BCUT2D eigenvalue weighted by atomic mass is 10.0. The second-order valence-electron chi connectivity index (χ2n) is 10.5. The van der Waals surface area contributed by atoms with Crippen LogP contribution < -0.4 is 16.4 Å². The van der Waals surface area contributed by atoms with Crippen molar-refractivity contribution < 1.29 is 13.2 Å². The number of hydrogen-bond acceptors (Lipinski definition) is 9. The highest BCUT2D eigenvalue weighted by Gasteiger charge is 2.64. The molecule has 2 saturated carbocycles. The zero-order chi connectivity index (χ0) is 28.2. The Labute approximate surface area is 232 Å². The van der Waals surface area contributed by atoms with E-state index in [1.54, 1.807) is 17.2 Å². The molecule has 4 heterocycles. The van der Waals surface area contributed by atoms with E-state index in [0.29, 0.717) is 29.2 Å². The zero-order valence-electron chi connectivity index (χ0n) is 21.7. The highest BCUT2D eigenvalue weighted by atomic mass is 19.4. The third-order valence-electron chi connectivity index (χ3n) is 7.38. The minimum Gasteiger partial charge on any atom is -0.368 e. The molecule has 0 unspecified atom stereocenters. The molecule has 0 radical (unpaired) electrons. The van der Waals surface area contributed by atoms with E-state index in [2.05, 4.69) is 35.7 Å². The summed E-state index contributed by atoms with van der Waals surface area (Å²) in [5, 5.41) is 10.2. The quantitative estimate of drug-likeness (QED) is 0.243. The zero-order valence-corrected chi connectivity index (χ0v) is 21.7. The second kappa shape index (κ2) is 9.39. The van der Waals surface area contributed by atoms with E-state index >= 15 is 0 Å². The number of rotatable bonds is 8. The number of fused-ring (bicyclic) bond motifs is 1. The smallest absolute Gasteiger partial charge is 0.368 e. The maximum Gasteiger partial charge on any atom is 0.411 e. The molecule has 41 heavy (non-hydrogen) atoms. The van der Waals surface area contributed by atoms with E-state index in [1.807, 2.05) is 42.5 Å². The molecular weight excluding hydrogens is 533 g/mol. The molecule has 5 aromatic rings. The van der Waals surface area contributed by atoms with Crippen molar-refractivity contribution in [1.82, 2.24) is 34.7 Å². The fourth-order valence-electron chi connectivity index (χ4n) is 4.83. The molecule has 1 aromatic carbocycles. The first-order chi connectivity index (χ1) is 19.8. The summed E-state index contributed by atoms with van der Waals surface area (Å²) >= 11 is 0. The van der Waals surface area contributed by atoms with Gasteiger partial charge in [0.05, 0.1) is 11.4 Å². The molecule has 13 heteroatoms. The van der Waals surface area contributed by atoms with Crippen molar-refractivity contribution in [2.75, 3.05) is 16.4 Å². The molecule has 208 valence electrons. The van der Waals surface area contributed by atoms with E-state index in [9.17, 15) is 13.2 Å². The van der Waals surface area contributed by atoms with E-state index in [1.165, 1.54) is 6.33 Å². The van der Waals surface area contributed by atoms with Crippen LogP contribution in [-0.2, 0) is 6.42 Å². The van der Waals surface area contributed by atoms with Gasteiger partial charge >= 0.3 is 6.18 Å². The Morgan fingerprint density at radius 3 is 2.56 bits per heavy atom. The van der Waals surface area contributed by atoms with Crippen molar-refractivity contribution in [3.05, 3.63) is 72.4 Å². The Kier molecular flexibility index (Phi) is 5.77. The first-order valence-corrected chi connectivity index (χ1v) is 13.3. The van der Waals surface area contributed by atoms with E-state index in [4.69, 9.17) is 10.7 Å². The van der Waals surface area contributed by atoms with Crippen LogP contribution in [0.1, 0.15) is 36.8 Å². The number of nitrogens with one attached hydrogen (secondary N) is 2. The fourth-order valence-corrected chi connectivity index (χ4v) is 4.83. The van der Waals surface area contributed by atoms with Crippen LogP contribution in [0.4, 0.5) is 30.8 Å². The van der Waals surface area contributed by atoms with Gasteiger partial charge in [-0.15, -0.1) is 0 Å². The van der Waals surface area contributed by atoms with Crippen LogP contribution in [0.25, 0.3) is 28.0 Å². The van der Waals surface area contributed by atoms with Gasteiger partial charge in [-0.05, 0) is 73.6 Å². The predicted molar refractivity (Wildman–Crippen MR) is 147 cm³/mol. The van der Waals surface area contributed by atoms with Gasteiger partial charge in [-0.1, -0.05) is 12.1 Å². The monoisotopic (exact) mass is 558 g/mol. The first kappa shape index (κ1) is 25.2. The van der Waals surface area contributed by atoms with Gasteiger partial charge in [0.1, 0.15) is 35.0 Å². The van der Waals surface area contributed by atoms with Gasteiger partial charge in [0.15, 0.2) is 5.82 Å². The molecule has 4 aromatic heterocycles. The van der Waals surface area contributed by atoms with Crippen LogP contribution in [0.15, 0.2) is 61.3 Å². The molecule has 0 spiro atoms. The lowest BCUT2D eigenvalue weighted by Gasteiger charge is -2.22. The topological polar surface area (TPSA) is 132 Å². The third kappa shape index (κ3) is 4.98. The average molecular weight is 559 g/mol. The number of alkyl halides is 3. The lowest BCUT2D eigenvalue weighted by Crippen LogP contribution is -2.39. The van der Waals surface area contributed by atoms with Crippen molar-refractivity contribution in [3.63, 3.8) is 0 Å². The van der Waals surface area contributed by atoms with Crippen molar-refractivity contribution >= 4 is 28.6 Å². The fraction of sp³-hybridized carbons (Fsp3) is 0.286. The average Bonchev–Trinajstić information content (AvgIpc) is 3.87. The number of halogens is 3. The van der Waals surface area contributed by atoms with Crippen LogP contribution in [0.5, 0.6) is 0 Å². The molecule has 2 aliphatic carbocycles.